The summed E-state index contributed by atoms with van der Waals surface area (Å²) in [4.78, 5) is 1.72. The molecule has 0 radical (unpaired) electrons. The van der Waals surface area contributed by atoms with Crippen LogP contribution in [-0.4, -0.2) is 18.0 Å². The van der Waals surface area contributed by atoms with E-state index in [1.165, 1.54) is 0 Å². The van der Waals surface area contributed by atoms with Crippen LogP contribution in [0.1, 0.15) is 25.3 Å². The molecular formula is C20H16N6. The summed E-state index contributed by atoms with van der Waals surface area (Å²) in [5, 5.41) is 48.7. The maximum Gasteiger partial charge on any atom is 0.177 e. The first-order chi connectivity index (χ1) is 12.6. The lowest BCUT2D eigenvalue weighted by molar-refractivity contribution is 0.330. The van der Waals surface area contributed by atoms with Gasteiger partial charge in [0.05, 0.1) is 23.9 Å². The van der Waals surface area contributed by atoms with Gasteiger partial charge in [0, 0.05) is 19.0 Å². The molecule has 2 unspecified atom stereocenters. The van der Waals surface area contributed by atoms with Crippen LogP contribution in [-0.2, 0) is 0 Å². The Morgan fingerprint density at radius 3 is 1.85 bits per heavy atom. The van der Waals surface area contributed by atoms with Crippen molar-refractivity contribution >= 4 is 0 Å². The van der Waals surface area contributed by atoms with Crippen molar-refractivity contribution in [1.29, 1.82) is 26.3 Å². The van der Waals surface area contributed by atoms with Crippen LogP contribution in [0.25, 0.3) is 0 Å². The summed E-state index contributed by atoms with van der Waals surface area (Å²) < 4.78 is 0. The molecule has 0 N–H and O–H groups in total. The molecule has 0 heterocycles. The smallest absolute Gasteiger partial charge is 0.177 e. The first kappa shape index (κ1) is 18.5. The van der Waals surface area contributed by atoms with Crippen LogP contribution in [0.3, 0.4) is 0 Å². The van der Waals surface area contributed by atoms with Gasteiger partial charge in [-0.1, -0.05) is 30.3 Å². The van der Waals surface area contributed by atoms with Gasteiger partial charge in [0.2, 0.25) is 0 Å². The van der Waals surface area contributed by atoms with Crippen molar-refractivity contribution in [2.24, 2.45) is 10.8 Å². The van der Waals surface area contributed by atoms with E-state index in [2.05, 4.69) is 6.07 Å². The Morgan fingerprint density at radius 1 is 0.923 bits per heavy atom. The number of hydrogen-bond acceptors (Lipinski definition) is 6. The van der Waals surface area contributed by atoms with Gasteiger partial charge < -0.3 is 4.90 Å². The first-order valence-corrected chi connectivity index (χ1v) is 8.17. The maximum atomic E-state index is 10.1. The van der Waals surface area contributed by atoms with E-state index in [9.17, 15) is 26.3 Å². The molecule has 126 valence electrons. The number of nitrogens with zero attached hydrogens (tertiary/aromatic N) is 6. The molecule has 6 nitrogen and oxygen atoms in total. The van der Waals surface area contributed by atoms with Crippen LogP contribution in [0.4, 0.5) is 0 Å². The molecule has 1 aliphatic rings. The molecule has 2 rings (SSSR count). The Kier molecular flexibility index (Phi) is 4.98. The van der Waals surface area contributed by atoms with Crippen LogP contribution in [0.15, 0.2) is 41.6 Å². The number of allylic oxidation sites excluding steroid dienone is 2. The van der Waals surface area contributed by atoms with Crippen molar-refractivity contribution in [3.63, 3.8) is 0 Å². The quantitative estimate of drug-likeness (QED) is 0.759. The molecule has 1 aromatic carbocycles. The van der Waals surface area contributed by atoms with E-state index in [0.717, 1.165) is 0 Å². The Hall–Kier alpha value is -3.79. The monoisotopic (exact) mass is 340 g/mol. The van der Waals surface area contributed by atoms with Crippen molar-refractivity contribution in [3.05, 3.63) is 47.2 Å². The van der Waals surface area contributed by atoms with Crippen molar-refractivity contribution in [2.45, 2.75) is 19.8 Å². The fourth-order valence-electron chi connectivity index (χ4n) is 3.76. The van der Waals surface area contributed by atoms with E-state index < -0.39 is 16.7 Å². The van der Waals surface area contributed by atoms with Gasteiger partial charge in [-0.15, -0.1) is 0 Å². The number of hydrogen-bond donors (Lipinski definition) is 0. The van der Waals surface area contributed by atoms with Crippen LogP contribution in [0.2, 0.25) is 0 Å². The second-order valence-corrected chi connectivity index (χ2v) is 5.91. The standard InChI is InChI=1S/C20H16N6/c1-3-26(4-2)18(16(10-21)11-22)20(14-25)17(19(20,12-23)13-24)15-8-6-5-7-9-15/h5-9,17H,3-4H2,1-2H3. The van der Waals surface area contributed by atoms with Gasteiger partial charge in [0.1, 0.15) is 17.6 Å². The highest BCUT2D eigenvalue weighted by molar-refractivity contribution is 5.63. The van der Waals surface area contributed by atoms with Crippen LogP contribution >= 0.6 is 0 Å². The molecule has 1 saturated carbocycles. The molecule has 0 spiro atoms. The normalized spacial score (nSPS) is 21.7. The van der Waals surface area contributed by atoms with Crippen molar-refractivity contribution < 1.29 is 0 Å². The molecule has 0 bridgehead atoms. The third-order valence-electron chi connectivity index (χ3n) is 4.98. The molecule has 1 fully saturated rings. The average Bonchev–Trinajstić information content (AvgIpc) is 3.32. The molecule has 26 heavy (non-hydrogen) atoms. The SMILES string of the molecule is CCN(CC)C(=C(C#N)C#N)C1(C#N)C(c2ccccc2)C1(C#N)C#N. The Balaban J connectivity index is 2.89. The second-order valence-electron chi connectivity index (χ2n) is 5.91. The van der Waals surface area contributed by atoms with E-state index in [0.29, 0.717) is 18.7 Å². The van der Waals surface area contributed by atoms with E-state index in [4.69, 9.17) is 0 Å². The number of rotatable bonds is 5. The lowest BCUT2D eigenvalue weighted by Gasteiger charge is -2.28. The van der Waals surface area contributed by atoms with Crippen molar-refractivity contribution in [3.8, 4) is 30.3 Å². The van der Waals surface area contributed by atoms with Crippen LogP contribution in [0, 0.1) is 67.5 Å². The minimum atomic E-state index is -1.65. The van der Waals surface area contributed by atoms with Crippen molar-refractivity contribution in [1.82, 2.24) is 4.90 Å². The predicted octanol–water partition coefficient (Wildman–Crippen LogP) is 2.97. The highest BCUT2D eigenvalue weighted by atomic mass is 15.2. The first-order valence-electron chi connectivity index (χ1n) is 8.17. The molecule has 1 aliphatic carbocycles. The van der Waals surface area contributed by atoms with Gasteiger partial charge in [-0.05, 0) is 19.4 Å². The number of nitriles is 5. The molecule has 2 atom stereocenters. The zero-order valence-electron chi connectivity index (χ0n) is 14.6. The number of benzene rings is 1. The summed E-state index contributed by atoms with van der Waals surface area (Å²) in [6.45, 7) is 4.55. The Bertz CT molecular complexity index is 908. The third kappa shape index (κ3) is 2.20. The van der Waals surface area contributed by atoms with Gasteiger partial charge in [0.25, 0.3) is 0 Å². The van der Waals surface area contributed by atoms with Gasteiger partial charge in [-0.2, -0.15) is 26.3 Å². The minimum Gasteiger partial charge on any atom is -0.372 e. The Morgan fingerprint density at radius 2 is 1.46 bits per heavy atom. The van der Waals surface area contributed by atoms with E-state index in [-0.39, 0.29) is 11.3 Å². The van der Waals surface area contributed by atoms with E-state index in [1.54, 1.807) is 35.2 Å². The van der Waals surface area contributed by atoms with Crippen molar-refractivity contribution in [2.75, 3.05) is 13.1 Å². The lowest BCUT2D eigenvalue weighted by Crippen LogP contribution is -2.31. The van der Waals surface area contributed by atoms with Gasteiger partial charge in [-0.3, -0.25) is 0 Å². The Labute approximate surface area is 153 Å². The molecule has 0 aromatic heterocycles. The highest BCUT2D eigenvalue weighted by Gasteiger charge is 2.83. The maximum absolute atomic E-state index is 10.1. The summed E-state index contributed by atoms with van der Waals surface area (Å²) >= 11 is 0. The molecule has 6 heteroatoms. The molecule has 0 saturated heterocycles. The largest absolute Gasteiger partial charge is 0.372 e. The highest BCUT2D eigenvalue weighted by Crippen LogP contribution is 2.77. The second kappa shape index (κ2) is 6.99. The average molecular weight is 340 g/mol. The molecule has 0 amide bonds. The fourth-order valence-corrected chi connectivity index (χ4v) is 3.76. The molecular weight excluding hydrogens is 324 g/mol. The zero-order valence-corrected chi connectivity index (χ0v) is 14.6. The summed E-state index contributed by atoms with van der Waals surface area (Å²) in [5.41, 5.74) is -2.61. The van der Waals surface area contributed by atoms with Gasteiger partial charge in [-0.25, -0.2) is 0 Å². The van der Waals surface area contributed by atoms with Crippen LogP contribution in [0.5, 0.6) is 0 Å². The zero-order chi connectivity index (χ0) is 19.4. The molecule has 1 aromatic rings. The van der Waals surface area contributed by atoms with E-state index in [1.807, 2.05) is 38.1 Å². The lowest BCUT2D eigenvalue weighted by atomic mass is 9.88. The third-order valence-corrected chi connectivity index (χ3v) is 4.98. The summed E-state index contributed by atoms with van der Waals surface area (Å²) in [7, 11) is 0. The molecule has 0 aliphatic heterocycles. The van der Waals surface area contributed by atoms with Gasteiger partial charge in [0.15, 0.2) is 11.0 Å². The predicted molar refractivity (Wildman–Crippen MR) is 92.1 cm³/mol. The summed E-state index contributed by atoms with van der Waals surface area (Å²) in [6.07, 6.45) is 0. The summed E-state index contributed by atoms with van der Waals surface area (Å²) in [6, 6.07) is 18.7. The summed E-state index contributed by atoms with van der Waals surface area (Å²) in [5.74, 6) is -0.733. The topological polar surface area (TPSA) is 122 Å². The minimum absolute atomic E-state index is 0.173. The fraction of sp³-hybridized carbons (Fsp3) is 0.350. The van der Waals surface area contributed by atoms with Gasteiger partial charge >= 0.3 is 0 Å². The van der Waals surface area contributed by atoms with E-state index >= 15 is 0 Å². The van der Waals surface area contributed by atoms with Crippen LogP contribution < -0.4 is 0 Å².